The molecular formula is C19H20FNO5. The maximum Gasteiger partial charge on any atom is 0.338 e. The summed E-state index contributed by atoms with van der Waals surface area (Å²) in [5.74, 6) is -1.09. The van der Waals surface area contributed by atoms with Gasteiger partial charge in [-0.2, -0.15) is 0 Å². The lowest BCUT2D eigenvalue weighted by atomic mass is 10.1. The molecular weight excluding hydrogens is 341 g/mol. The van der Waals surface area contributed by atoms with Crippen molar-refractivity contribution in [3.63, 3.8) is 0 Å². The molecule has 1 amide bonds. The number of esters is 1. The Labute approximate surface area is 150 Å². The third kappa shape index (κ3) is 5.56. The van der Waals surface area contributed by atoms with Gasteiger partial charge >= 0.3 is 5.97 Å². The van der Waals surface area contributed by atoms with Gasteiger partial charge < -0.3 is 19.5 Å². The highest BCUT2D eigenvalue weighted by atomic mass is 19.1. The Bertz CT molecular complexity index is 778. The number of hydrogen-bond donors (Lipinski definition) is 1. The van der Waals surface area contributed by atoms with E-state index >= 15 is 0 Å². The number of carbonyl (C=O) groups excluding carboxylic acids is 2. The monoisotopic (exact) mass is 361 g/mol. The Kier molecular flexibility index (Phi) is 7.11. The molecule has 0 unspecified atom stereocenters. The fraction of sp³-hybridized carbons (Fsp3) is 0.263. The fourth-order valence-corrected chi connectivity index (χ4v) is 2.21. The number of benzene rings is 2. The van der Waals surface area contributed by atoms with E-state index in [1.54, 1.807) is 18.2 Å². The van der Waals surface area contributed by atoms with Crippen LogP contribution >= 0.6 is 0 Å². The van der Waals surface area contributed by atoms with E-state index in [1.165, 1.54) is 31.4 Å². The molecule has 0 heterocycles. The summed E-state index contributed by atoms with van der Waals surface area (Å²) < 4.78 is 28.7. The first-order chi connectivity index (χ1) is 12.5. The van der Waals surface area contributed by atoms with Crippen LogP contribution in [0.1, 0.15) is 22.8 Å². The van der Waals surface area contributed by atoms with Gasteiger partial charge in [-0.25, -0.2) is 9.18 Å². The van der Waals surface area contributed by atoms with Crippen molar-refractivity contribution < 1.29 is 28.2 Å². The van der Waals surface area contributed by atoms with Crippen molar-refractivity contribution in [3.8, 4) is 5.75 Å². The molecule has 0 aliphatic carbocycles. The van der Waals surface area contributed by atoms with Crippen LogP contribution in [0.5, 0.6) is 5.75 Å². The number of rotatable bonds is 8. The van der Waals surface area contributed by atoms with Gasteiger partial charge in [-0.05, 0) is 43.3 Å². The van der Waals surface area contributed by atoms with E-state index in [0.717, 1.165) is 0 Å². The summed E-state index contributed by atoms with van der Waals surface area (Å²) in [5, 5.41) is 2.45. The molecule has 2 rings (SSSR count). The predicted octanol–water partition coefficient (Wildman–Crippen LogP) is 3.17. The van der Waals surface area contributed by atoms with Crippen LogP contribution in [0.25, 0.3) is 0 Å². The summed E-state index contributed by atoms with van der Waals surface area (Å²) in [6.45, 7) is 2.20. The maximum absolute atomic E-state index is 13.1. The van der Waals surface area contributed by atoms with Crippen molar-refractivity contribution in [1.29, 1.82) is 0 Å². The smallest absolute Gasteiger partial charge is 0.338 e. The summed E-state index contributed by atoms with van der Waals surface area (Å²) in [7, 11) is 1.53. The average molecular weight is 361 g/mol. The van der Waals surface area contributed by atoms with Crippen LogP contribution in [0.2, 0.25) is 0 Å². The van der Waals surface area contributed by atoms with Gasteiger partial charge in [0, 0.05) is 17.9 Å². The first-order valence-corrected chi connectivity index (χ1v) is 8.00. The van der Waals surface area contributed by atoms with Crippen LogP contribution in [0.4, 0.5) is 10.1 Å². The van der Waals surface area contributed by atoms with Crippen molar-refractivity contribution in [3.05, 3.63) is 59.4 Å². The van der Waals surface area contributed by atoms with Gasteiger partial charge in [0.05, 0.1) is 19.3 Å². The molecule has 0 atom stereocenters. The minimum Gasteiger partial charge on any atom is -0.496 e. The molecule has 0 saturated carbocycles. The Morgan fingerprint density at radius 2 is 1.96 bits per heavy atom. The highest BCUT2D eigenvalue weighted by molar-refractivity contribution is 5.95. The molecule has 0 aliphatic rings. The zero-order chi connectivity index (χ0) is 18.9. The molecule has 1 N–H and O–H groups in total. The third-order valence-electron chi connectivity index (χ3n) is 3.42. The molecule has 0 aliphatic heterocycles. The Morgan fingerprint density at radius 1 is 1.15 bits per heavy atom. The lowest BCUT2D eigenvalue weighted by Gasteiger charge is -2.11. The summed E-state index contributed by atoms with van der Waals surface area (Å²) in [4.78, 5) is 24.0. The molecule has 26 heavy (non-hydrogen) atoms. The van der Waals surface area contributed by atoms with Gasteiger partial charge in [-0.3, -0.25) is 4.79 Å². The molecule has 7 heteroatoms. The predicted molar refractivity (Wildman–Crippen MR) is 93.6 cm³/mol. The molecule has 0 fully saturated rings. The molecule has 0 aromatic heterocycles. The van der Waals surface area contributed by atoms with Crippen LogP contribution in [0.3, 0.4) is 0 Å². The van der Waals surface area contributed by atoms with Gasteiger partial charge in [-0.1, -0.05) is 6.07 Å². The van der Waals surface area contributed by atoms with Crippen LogP contribution < -0.4 is 10.1 Å². The van der Waals surface area contributed by atoms with E-state index in [2.05, 4.69) is 5.32 Å². The zero-order valence-electron chi connectivity index (χ0n) is 14.6. The fourth-order valence-electron chi connectivity index (χ4n) is 2.21. The van der Waals surface area contributed by atoms with E-state index in [-0.39, 0.29) is 11.3 Å². The molecule has 0 saturated heterocycles. The number of amides is 1. The zero-order valence-corrected chi connectivity index (χ0v) is 14.6. The van der Waals surface area contributed by atoms with E-state index < -0.39 is 24.3 Å². The molecule has 2 aromatic rings. The lowest BCUT2D eigenvalue weighted by molar-refractivity contribution is -0.119. The van der Waals surface area contributed by atoms with Gasteiger partial charge in [0.1, 0.15) is 11.6 Å². The van der Waals surface area contributed by atoms with Crippen LogP contribution in [-0.2, 0) is 20.9 Å². The number of anilines is 1. The second-order valence-electron chi connectivity index (χ2n) is 5.30. The van der Waals surface area contributed by atoms with Gasteiger partial charge in [0.25, 0.3) is 5.91 Å². The largest absolute Gasteiger partial charge is 0.496 e. The second-order valence-corrected chi connectivity index (χ2v) is 5.30. The van der Waals surface area contributed by atoms with Crippen molar-refractivity contribution >= 4 is 17.6 Å². The first-order valence-electron chi connectivity index (χ1n) is 8.00. The van der Waals surface area contributed by atoms with Crippen molar-refractivity contribution in [2.24, 2.45) is 0 Å². The summed E-state index contributed by atoms with van der Waals surface area (Å²) in [5.41, 5.74) is 1.27. The summed E-state index contributed by atoms with van der Waals surface area (Å²) in [6.07, 6.45) is 0. The Balaban J connectivity index is 1.95. The van der Waals surface area contributed by atoms with Crippen LogP contribution in [0.15, 0.2) is 42.5 Å². The molecule has 2 aromatic carbocycles. The van der Waals surface area contributed by atoms with Crippen molar-refractivity contribution in [2.45, 2.75) is 13.5 Å². The van der Waals surface area contributed by atoms with E-state index in [1.807, 2.05) is 6.92 Å². The lowest BCUT2D eigenvalue weighted by Crippen LogP contribution is -2.21. The van der Waals surface area contributed by atoms with E-state index in [4.69, 9.17) is 14.2 Å². The quantitative estimate of drug-likeness (QED) is 0.731. The van der Waals surface area contributed by atoms with Gasteiger partial charge in [-0.15, -0.1) is 0 Å². The number of halogens is 1. The standard InChI is InChI=1S/C19H20FNO5/c1-3-25-11-14-9-13(7-8-17(14)24-2)19(23)26-12-18(22)21-16-6-4-5-15(20)10-16/h4-10H,3,11-12H2,1-2H3,(H,21,22). The average Bonchev–Trinajstić information content (AvgIpc) is 2.64. The number of hydrogen-bond acceptors (Lipinski definition) is 5. The maximum atomic E-state index is 13.1. The Hall–Kier alpha value is -2.93. The SMILES string of the molecule is CCOCc1cc(C(=O)OCC(=O)Nc2cccc(F)c2)ccc1OC. The summed E-state index contributed by atoms with van der Waals surface area (Å²) >= 11 is 0. The number of methoxy groups -OCH3 is 1. The number of nitrogens with one attached hydrogen (secondary N) is 1. The van der Waals surface area contributed by atoms with Crippen LogP contribution in [-0.4, -0.2) is 32.2 Å². The van der Waals surface area contributed by atoms with Crippen molar-refractivity contribution in [2.75, 3.05) is 25.6 Å². The molecule has 0 bridgehead atoms. The minimum absolute atomic E-state index is 0.277. The van der Waals surface area contributed by atoms with Gasteiger partial charge in [0.15, 0.2) is 6.61 Å². The highest BCUT2D eigenvalue weighted by Gasteiger charge is 2.13. The van der Waals surface area contributed by atoms with Crippen molar-refractivity contribution in [1.82, 2.24) is 0 Å². The molecule has 6 nitrogen and oxygen atoms in total. The third-order valence-corrected chi connectivity index (χ3v) is 3.42. The second kappa shape index (κ2) is 9.53. The number of ether oxygens (including phenoxy) is 3. The highest BCUT2D eigenvalue weighted by Crippen LogP contribution is 2.21. The molecule has 0 radical (unpaired) electrons. The number of carbonyl (C=O) groups is 2. The summed E-state index contributed by atoms with van der Waals surface area (Å²) in [6, 6.07) is 10.2. The normalized spacial score (nSPS) is 10.3. The first kappa shape index (κ1) is 19.4. The Morgan fingerprint density at radius 3 is 2.65 bits per heavy atom. The van der Waals surface area contributed by atoms with E-state index in [0.29, 0.717) is 24.5 Å². The van der Waals surface area contributed by atoms with Gasteiger partial charge in [0.2, 0.25) is 0 Å². The minimum atomic E-state index is -0.653. The molecule has 0 spiro atoms. The van der Waals surface area contributed by atoms with Crippen LogP contribution in [0, 0.1) is 5.82 Å². The van der Waals surface area contributed by atoms with E-state index in [9.17, 15) is 14.0 Å². The topological polar surface area (TPSA) is 73.9 Å². The molecule has 138 valence electrons.